The van der Waals surface area contributed by atoms with Crippen molar-refractivity contribution >= 4 is 5.97 Å². The molecule has 2 aromatic carbocycles. The van der Waals surface area contributed by atoms with Crippen LogP contribution in [0.2, 0.25) is 0 Å². The predicted octanol–water partition coefficient (Wildman–Crippen LogP) is 9.27. The zero-order chi connectivity index (χ0) is 29.6. The van der Waals surface area contributed by atoms with Gasteiger partial charge in [-0.25, -0.2) is 19.0 Å². The number of rotatable bonds is 15. The zero-order valence-electron chi connectivity index (χ0n) is 25.0. The molecule has 0 N–H and O–H groups in total. The number of carbonyl (C=O) groups excluding carboxylic acids is 1. The van der Waals surface area contributed by atoms with Gasteiger partial charge in [0.15, 0.2) is 0 Å². The normalized spacial score (nSPS) is 22.3. The van der Waals surface area contributed by atoms with Gasteiger partial charge in [0.05, 0.1) is 19.3 Å². The van der Waals surface area contributed by atoms with Crippen molar-refractivity contribution in [3.63, 3.8) is 0 Å². The Hall–Kier alpha value is -2.96. The van der Waals surface area contributed by atoms with Crippen LogP contribution in [0.3, 0.4) is 0 Å². The van der Waals surface area contributed by atoms with Gasteiger partial charge in [-0.05, 0) is 105 Å². The maximum atomic E-state index is 15.4. The molecule has 5 nitrogen and oxygen atoms in total. The first-order chi connectivity index (χ1) is 20.5. The van der Waals surface area contributed by atoms with E-state index in [0.29, 0.717) is 31.3 Å². The lowest BCUT2D eigenvalue weighted by atomic mass is 9.64. The highest BCUT2D eigenvalue weighted by Gasteiger charge is 2.44. The third-order valence-corrected chi connectivity index (χ3v) is 9.02. The molecule has 2 aliphatic rings. The van der Waals surface area contributed by atoms with Gasteiger partial charge in [0.25, 0.3) is 0 Å². The molecule has 0 radical (unpaired) electrons. The minimum Gasteiger partial charge on any atom is -0.494 e. The highest BCUT2D eigenvalue weighted by Crippen LogP contribution is 2.51. The summed E-state index contributed by atoms with van der Waals surface area (Å²) < 4.78 is 26.2. The number of benzene rings is 2. The summed E-state index contributed by atoms with van der Waals surface area (Å²) in [5.41, 5.74) is 2.73. The Morgan fingerprint density at radius 1 is 0.905 bits per heavy atom. The fourth-order valence-corrected chi connectivity index (χ4v) is 6.60. The molecular formula is C36H47FO5. The molecule has 0 heterocycles. The maximum Gasteiger partial charge on any atom is 0.330 e. The van der Waals surface area contributed by atoms with Crippen LogP contribution in [0.15, 0.2) is 67.8 Å². The van der Waals surface area contributed by atoms with Crippen molar-refractivity contribution in [3.05, 3.63) is 79.2 Å². The highest BCUT2D eigenvalue weighted by atomic mass is 19.1. The number of esters is 1. The second-order valence-corrected chi connectivity index (χ2v) is 11.8. The lowest BCUT2D eigenvalue weighted by Crippen LogP contribution is -2.39. The van der Waals surface area contributed by atoms with Crippen molar-refractivity contribution in [1.29, 1.82) is 0 Å². The first-order valence-corrected chi connectivity index (χ1v) is 15.8. The van der Waals surface area contributed by atoms with Crippen LogP contribution in [0.1, 0.15) is 95.0 Å². The first-order valence-electron chi connectivity index (χ1n) is 15.8. The molecule has 0 saturated heterocycles. The molecule has 0 aliphatic heterocycles. The van der Waals surface area contributed by atoms with Crippen LogP contribution in [0.5, 0.6) is 5.75 Å². The average molecular weight is 579 g/mol. The summed E-state index contributed by atoms with van der Waals surface area (Å²) in [6.45, 7) is 8.56. The van der Waals surface area contributed by atoms with Gasteiger partial charge in [-0.1, -0.05) is 56.2 Å². The first kappa shape index (κ1) is 32.0. The van der Waals surface area contributed by atoms with E-state index < -0.39 is 0 Å². The lowest BCUT2D eigenvalue weighted by molar-refractivity contribution is -0.341. The molecule has 1 atom stereocenters. The van der Waals surface area contributed by atoms with E-state index in [1.54, 1.807) is 12.1 Å². The molecule has 6 heteroatoms. The van der Waals surface area contributed by atoms with E-state index in [2.05, 4.69) is 19.2 Å². The van der Waals surface area contributed by atoms with Gasteiger partial charge in [0.2, 0.25) is 0 Å². The van der Waals surface area contributed by atoms with E-state index in [4.69, 9.17) is 19.2 Å². The van der Waals surface area contributed by atoms with Crippen LogP contribution in [0.4, 0.5) is 4.39 Å². The second kappa shape index (κ2) is 16.6. The van der Waals surface area contributed by atoms with Crippen LogP contribution in [-0.2, 0) is 19.3 Å². The van der Waals surface area contributed by atoms with Crippen molar-refractivity contribution in [2.24, 2.45) is 5.41 Å². The van der Waals surface area contributed by atoms with Gasteiger partial charge in [-0.15, -0.1) is 6.58 Å². The summed E-state index contributed by atoms with van der Waals surface area (Å²) in [6.07, 6.45) is 17.0. The van der Waals surface area contributed by atoms with Crippen molar-refractivity contribution < 1.29 is 28.4 Å². The Balaban J connectivity index is 1.25. The lowest BCUT2D eigenvalue weighted by Gasteiger charge is -2.44. The van der Waals surface area contributed by atoms with Crippen LogP contribution < -0.4 is 4.74 Å². The summed E-state index contributed by atoms with van der Waals surface area (Å²) in [5, 5.41) is 0. The molecule has 4 rings (SSSR count). The van der Waals surface area contributed by atoms with Crippen LogP contribution in [0.25, 0.3) is 11.1 Å². The largest absolute Gasteiger partial charge is 0.494 e. The summed E-state index contributed by atoms with van der Waals surface area (Å²) in [7, 11) is 0. The van der Waals surface area contributed by atoms with Crippen molar-refractivity contribution in [2.75, 3.05) is 19.8 Å². The van der Waals surface area contributed by atoms with Crippen LogP contribution in [-0.4, -0.2) is 31.9 Å². The third-order valence-electron chi connectivity index (χ3n) is 9.02. The smallest absolute Gasteiger partial charge is 0.330 e. The molecule has 1 spiro atoms. The number of unbranched alkanes of at least 4 members (excludes halogenated alkanes) is 3. The van der Waals surface area contributed by atoms with E-state index in [1.165, 1.54) is 31.8 Å². The summed E-state index contributed by atoms with van der Waals surface area (Å²) in [4.78, 5) is 22.4. The summed E-state index contributed by atoms with van der Waals surface area (Å²) in [5.74, 6) is 0.604. The Kier molecular flexibility index (Phi) is 12.6. The maximum absolute atomic E-state index is 15.4. The molecule has 0 amide bonds. The Morgan fingerprint density at radius 2 is 1.67 bits per heavy atom. The minimum atomic E-state index is -0.375. The van der Waals surface area contributed by atoms with E-state index in [1.807, 2.05) is 30.3 Å². The summed E-state index contributed by atoms with van der Waals surface area (Å²) >= 11 is 0. The Bertz CT molecular complexity index is 1140. The van der Waals surface area contributed by atoms with Crippen molar-refractivity contribution in [2.45, 2.75) is 95.5 Å². The number of hydrogen-bond acceptors (Lipinski definition) is 5. The third kappa shape index (κ3) is 9.02. The fourth-order valence-electron chi connectivity index (χ4n) is 6.60. The van der Waals surface area contributed by atoms with Gasteiger partial charge >= 0.3 is 5.97 Å². The van der Waals surface area contributed by atoms with E-state index in [0.717, 1.165) is 74.7 Å². The van der Waals surface area contributed by atoms with Crippen LogP contribution in [0, 0.1) is 11.2 Å². The number of hydrogen-bond donors (Lipinski definition) is 0. The number of ether oxygens (including phenoxy) is 2. The van der Waals surface area contributed by atoms with E-state index in [9.17, 15) is 4.79 Å². The van der Waals surface area contributed by atoms with E-state index in [-0.39, 0.29) is 23.3 Å². The van der Waals surface area contributed by atoms with Gasteiger partial charge in [0.1, 0.15) is 18.2 Å². The van der Waals surface area contributed by atoms with Gasteiger partial charge in [-0.2, -0.15) is 0 Å². The number of halogens is 1. The molecule has 2 aliphatic carbocycles. The molecule has 0 bridgehead atoms. The van der Waals surface area contributed by atoms with Crippen LogP contribution >= 0.6 is 0 Å². The highest BCUT2D eigenvalue weighted by molar-refractivity contribution is 5.81. The molecule has 1 unspecified atom stereocenters. The molecule has 42 heavy (non-hydrogen) atoms. The fraction of sp³-hybridized carbons (Fsp3) is 0.528. The van der Waals surface area contributed by atoms with Gasteiger partial charge < -0.3 is 9.47 Å². The number of carbonyl (C=O) groups is 1. The predicted molar refractivity (Wildman–Crippen MR) is 165 cm³/mol. The van der Waals surface area contributed by atoms with E-state index >= 15 is 4.39 Å². The standard InChI is InChI=1S/C36H47FO5/c1-3-24-41-42-34-12-8-7-9-21-36(34)22-19-28(20-23-36)30-15-18-32(33(37)27-30)29-13-16-31(17-14-29)39-25-10-5-6-11-26-40-35(38)4-2/h3-4,13-18,27-28,34H,1-2,5-12,19-26H2. The molecule has 0 aromatic heterocycles. The molecule has 228 valence electrons. The minimum absolute atomic E-state index is 0.132. The molecule has 2 saturated carbocycles. The molecule has 2 aromatic rings. The monoisotopic (exact) mass is 578 g/mol. The topological polar surface area (TPSA) is 54.0 Å². The van der Waals surface area contributed by atoms with Gasteiger partial charge in [0, 0.05) is 11.6 Å². The van der Waals surface area contributed by atoms with Gasteiger partial charge in [-0.3, -0.25) is 0 Å². The Labute approximate surface area is 251 Å². The second-order valence-electron chi connectivity index (χ2n) is 11.8. The average Bonchev–Trinajstić information content (AvgIpc) is 3.21. The SMILES string of the molecule is C=CCOOC1CCCCCC12CCC(c1ccc(-c3ccc(OCCCCCCOC(=O)C=C)cc3)c(F)c1)CC2. The molecular weight excluding hydrogens is 531 g/mol. The van der Waals surface area contributed by atoms with Crippen molar-refractivity contribution in [1.82, 2.24) is 0 Å². The Morgan fingerprint density at radius 3 is 2.38 bits per heavy atom. The quantitative estimate of drug-likeness (QED) is 0.0526. The summed E-state index contributed by atoms with van der Waals surface area (Å²) in [6, 6.07) is 13.4. The van der Waals surface area contributed by atoms with Crippen molar-refractivity contribution in [3.8, 4) is 16.9 Å². The zero-order valence-corrected chi connectivity index (χ0v) is 25.0. The molecule has 2 fully saturated rings.